The van der Waals surface area contributed by atoms with Crippen LogP contribution in [0.25, 0.3) is 17.0 Å². The number of hydrogen-bond donors (Lipinski definition) is 0. The summed E-state index contributed by atoms with van der Waals surface area (Å²) in [6, 6.07) is 7.88. The van der Waals surface area contributed by atoms with Crippen LogP contribution in [0.3, 0.4) is 0 Å². The summed E-state index contributed by atoms with van der Waals surface area (Å²) < 4.78 is 0. The predicted molar refractivity (Wildman–Crippen MR) is 83.4 cm³/mol. The zero-order valence-electron chi connectivity index (χ0n) is 10.5. The first kappa shape index (κ1) is 13.6. The quantitative estimate of drug-likeness (QED) is 0.696. The van der Waals surface area contributed by atoms with Crippen molar-refractivity contribution in [3.8, 4) is 0 Å². The Bertz CT molecular complexity index is 590. The number of benzene rings is 1. The number of fused-ring (bicyclic) bond motifs is 1. The zero-order chi connectivity index (χ0) is 13.1. The molecular weight excluding hydrogens is 310 g/mol. The number of rotatable bonds is 3. The highest BCUT2D eigenvalue weighted by atomic mass is 79.9. The van der Waals surface area contributed by atoms with Gasteiger partial charge in [-0.05, 0) is 24.1 Å². The van der Waals surface area contributed by atoms with E-state index in [0.29, 0.717) is 5.92 Å². The van der Waals surface area contributed by atoms with Crippen molar-refractivity contribution in [2.24, 2.45) is 5.92 Å². The molecule has 18 heavy (non-hydrogen) atoms. The van der Waals surface area contributed by atoms with Gasteiger partial charge in [0, 0.05) is 22.5 Å². The number of hydrogen-bond acceptors (Lipinski definition) is 1. The van der Waals surface area contributed by atoms with Gasteiger partial charge in [-0.2, -0.15) is 0 Å². The third kappa shape index (κ3) is 2.76. The van der Waals surface area contributed by atoms with E-state index in [2.05, 4.69) is 40.8 Å². The summed E-state index contributed by atoms with van der Waals surface area (Å²) in [5.74, 6) is 0.513. The van der Waals surface area contributed by atoms with E-state index in [1.165, 1.54) is 5.57 Å². The van der Waals surface area contributed by atoms with E-state index < -0.39 is 0 Å². The van der Waals surface area contributed by atoms with E-state index in [0.717, 1.165) is 26.8 Å². The molecule has 0 N–H and O–H groups in total. The third-order valence-corrected chi connectivity index (χ3v) is 3.96. The maximum Gasteiger partial charge on any atom is 0.0789 e. The molecule has 0 saturated carbocycles. The fourth-order valence-electron chi connectivity index (χ4n) is 1.84. The van der Waals surface area contributed by atoms with Crippen LogP contribution in [0.5, 0.6) is 0 Å². The first-order valence-electron chi connectivity index (χ1n) is 5.93. The standard InChI is InChI=1S/C15H15BrClN/c1-10(2)12(9-16)8-11-5-6-14(17)13-4-3-7-18-15(11)13/h3-8,10H,9H2,1-2H3/b12-8+. The molecule has 1 aromatic heterocycles. The van der Waals surface area contributed by atoms with Gasteiger partial charge in [0.1, 0.15) is 0 Å². The van der Waals surface area contributed by atoms with E-state index in [1.54, 1.807) is 6.20 Å². The fourth-order valence-corrected chi connectivity index (χ4v) is 2.86. The Morgan fingerprint density at radius 2 is 2.17 bits per heavy atom. The van der Waals surface area contributed by atoms with Crippen LogP contribution in [0.2, 0.25) is 5.02 Å². The Labute approximate surface area is 121 Å². The van der Waals surface area contributed by atoms with Crippen LogP contribution in [-0.2, 0) is 0 Å². The van der Waals surface area contributed by atoms with E-state index in [9.17, 15) is 0 Å². The maximum atomic E-state index is 6.19. The van der Waals surface area contributed by atoms with Crippen molar-refractivity contribution in [1.82, 2.24) is 4.98 Å². The van der Waals surface area contributed by atoms with Crippen molar-refractivity contribution in [2.45, 2.75) is 13.8 Å². The molecule has 0 aliphatic heterocycles. The number of aromatic nitrogens is 1. The van der Waals surface area contributed by atoms with Gasteiger partial charge in [0.25, 0.3) is 0 Å². The molecule has 0 aliphatic rings. The van der Waals surface area contributed by atoms with E-state index >= 15 is 0 Å². The average Bonchev–Trinajstić information content (AvgIpc) is 2.38. The molecule has 3 heteroatoms. The van der Waals surface area contributed by atoms with E-state index in [1.807, 2.05) is 24.3 Å². The number of pyridine rings is 1. The number of nitrogens with zero attached hydrogens (tertiary/aromatic N) is 1. The minimum Gasteiger partial charge on any atom is -0.256 e. The maximum absolute atomic E-state index is 6.19. The molecule has 0 saturated heterocycles. The van der Waals surface area contributed by atoms with Crippen LogP contribution in [0.4, 0.5) is 0 Å². The Morgan fingerprint density at radius 3 is 2.83 bits per heavy atom. The first-order valence-corrected chi connectivity index (χ1v) is 7.43. The van der Waals surface area contributed by atoms with Gasteiger partial charge < -0.3 is 0 Å². The molecular formula is C15H15BrClN. The highest BCUT2D eigenvalue weighted by Crippen LogP contribution is 2.27. The summed E-state index contributed by atoms with van der Waals surface area (Å²) in [6.45, 7) is 4.39. The summed E-state index contributed by atoms with van der Waals surface area (Å²) in [6.07, 6.45) is 4.00. The molecule has 0 aliphatic carbocycles. The molecule has 0 unspecified atom stereocenters. The van der Waals surface area contributed by atoms with Crippen LogP contribution in [-0.4, -0.2) is 10.3 Å². The lowest BCUT2D eigenvalue weighted by molar-refractivity contribution is 0.781. The molecule has 0 bridgehead atoms. The molecule has 1 nitrogen and oxygen atoms in total. The SMILES string of the molecule is CC(C)/C(=C/c1ccc(Cl)c2cccnc12)CBr. The minimum absolute atomic E-state index is 0.513. The normalized spacial score (nSPS) is 12.4. The average molecular weight is 325 g/mol. The van der Waals surface area contributed by atoms with Gasteiger partial charge in [0.2, 0.25) is 0 Å². The van der Waals surface area contributed by atoms with Crippen LogP contribution >= 0.6 is 27.5 Å². The molecule has 2 aromatic rings. The summed E-state index contributed by atoms with van der Waals surface area (Å²) in [5.41, 5.74) is 3.44. The van der Waals surface area contributed by atoms with Gasteiger partial charge in [0.05, 0.1) is 10.5 Å². The van der Waals surface area contributed by atoms with Gasteiger partial charge in [-0.25, -0.2) is 0 Å². The van der Waals surface area contributed by atoms with Crippen LogP contribution < -0.4 is 0 Å². The Balaban J connectivity index is 2.62. The van der Waals surface area contributed by atoms with Gasteiger partial charge in [-0.3, -0.25) is 4.98 Å². The molecule has 0 fully saturated rings. The smallest absolute Gasteiger partial charge is 0.0789 e. The number of halogens is 2. The molecule has 1 heterocycles. The van der Waals surface area contributed by atoms with Crippen molar-refractivity contribution in [2.75, 3.05) is 5.33 Å². The predicted octanol–water partition coefficient (Wildman–Crippen LogP) is 5.32. The lowest BCUT2D eigenvalue weighted by Crippen LogP contribution is -1.95. The second-order valence-electron chi connectivity index (χ2n) is 4.54. The lowest BCUT2D eigenvalue weighted by atomic mass is 10.0. The van der Waals surface area contributed by atoms with Gasteiger partial charge in [0.15, 0.2) is 0 Å². The Morgan fingerprint density at radius 1 is 1.39 bits per heavy atom. The monoisotopic (exact) mass is 323 g/mol. The molecule has 1 aromatic carbocycles. The molecule has 0 radical (unpaired) electrons. The zero-order valence-corrected chi connectivity index (χ0v) is 12.8. The topological polar surface area (TPSA) is 12.9 Å². The van der Waals surface area contributed by atoms with Crippen molar-refractivity contribution in [3.05, 3.63) is 46.6 Å². The van der Waals surface area contributed by atoms with Crippen molar-refractivity contribution in [3.63, 3.8) is 0 Å². The Kier molecular flexibility index (Phi) is 4.41. The largest absolute Gasteiger partial charge is 0.256 e. The van der Waals surface area contributed by atoms with Crippen molar-refractivity contribution in [1.29, 1.82) is 0 Å². The molecule has 0 amide bonds. The highest BCUT2D eigenvalue weighted by molar-refractivity contribution is 9.09. The van der Waals surface area contributed by atoms with Crippen molar-refractivity contribution < 1.29 is 0 Å². The minimum atomic E-state index is 0.513. The molecule has 2 rings (SSSR count). The number of alkyl halides is 1. The lowest BCUT2D eigenvalue weighted by Gasteiger charge is -2.09. The summed E-state index contributed by atoms with van der Waals surface area (Å²) in [7, 11) is 0. The van der Waals surface area contributed by atoms with Crippen LogP contribution in [0.15, 0.2) is 36.0 Å². The Hall–Kier alpha value is -0.860. The van der Waals surface area contributed by atoms with E-state index in [4.69, 9.17) is 11.6 Å². The molecule has 94 valence electrons. The van der Waals surface area contributed by atoms with Crippen LogP contribution in [0.1, 0.15) is 19.4 Å². The van der Waals surface area contributed by atoms with Gasteiger partial charge >= 0.3 is 0 Å². The number of allylic oxidation sites excluding steroid dienone is 1. The van der Waals surface area contributed by atoms with E-state index in [-0.39, 0.29) is 0 Å². The van der Waals surface area contributed by atoms with Crippen LogP contribution in [0, 0.1) is 5.92 Å². The fraction of sp³-hybridized carbons (Fsp3) is 0.267. The molecule has 0 spiro atoms. The second kappa shape index (κ2) is 5.85. The highest BCUT2D eigenvalue weighted by Gasteiger charge is 2.06. The van der Waals surface area contributed by atoms with Gasteiger partial charge in [-0.1, -0.05) is 59.1 Å². The third-order valence-electron chi connectivity index (χ3n) is 2.98. The van der Waals surface area contributed by atoms with Crippen molar-refractivity contribution >= 4 is 44.5 Å². The molecule has 0 atom stereocenters. The second-order valence-corrected chi connectivity index (χ2v) is 5.51. The summed E-state index contributed by atoms with van der Waals surface area (Å²) in [4.78, 5) is 4.44. The van der Waals surface area contributed by atoms with Gasteiger partial charge in [-0.15, -0.1) is 0 Å². The first-order chi connectivity index (χ1) is 8.63. The summed E-state index contributed by atoms with van der Waals surface area (Å²) in [5, 5.41) is 2.63. The summed E-state index contributed by atoms with van der Waals surface area (Å²) >= 11 is 9.73.